The zero-order valence-electron chi connectivity index (χ0n) is 9.34. The van der Waals surface area contributed by atoms with Crippen molar-refractivity contribution in [3.63, 3.8) is 0 Å². The Bertz CT molecular complexity index is 287. The lowest BCUT2D eigenvalue weighted by Gasteiger charge is -2.20. The summed E-state index contributed by atoms with van der Waals surface area (Å²) in [5, 5.41) is 0. The standard InChI is InChI=1S/C12H21N3/c13-8-12-14-9-11(15-12)7-6-10-4-2-1-3-5-10/h9-10H,1-8,13H2,(H,14,15). The number of nitrogens with zero attached hydrogens (tertiary/aromatic N) is 1. The fourth-order valence-electron chi connectivity index (χ4n) is 2.47. The molecule has 0 unspecified atom stereocenters. The van der Waals surface area contributed by atoms with E-state index in [1.807, 2.05) is 6.20 Å². The monoisotopic (exact) mass is 207 g/mol. The maximum atomic E-state index is 5.51. The second kappa shape index (κ2) is 5.31. The van der Waals surface area contributed by atoms with Crippen LogP contribution in [0.5, 0.6) is 0 Å². The van der Waals surface area contributed by atoms with Gasteiger partial charge in [0.2, 0.25) is 0 Å². The molecular formula is C12H21N3. The number of aromatic amines is 1. The largest absolute Gasteiger partial charge is 0.345 e. The van der Waals surface area contributed by atoms with Crippen LogP contribution in [0.3, 0.4) is 0 Å². The van der Waals surface area contributed by atoms with Crippen molar-refractivity contribution in [2.75, 3.05) is 0 Å². The molecule has 0 aliphatic heterocycles. The minimum Gasteiger partial charge on any atom is -0.345 e. The summed E-state index contributed by atoms with van der Waals surface area (Å²) < 4.78 is 0. The van der Waals surface area contributed by atoms with E-state index in [-0.39, 0.29) is 0 Å². The third kappa shape index (κ3) is 3.06. The number of H-pyrrole nitrogens is 1. The second-order valence-corrected chi connectivity index (χ2v) is 4.60. The van der Waals surface area contributed by atoms with Crippen LogP contribution in [0.15, 0.2) is 6.20 Å². The van der Waals surface area contributed by atoms with Crippen molar-refractivity contribution >= 4 is 0 Å². The van der Waals surface area contributed by atoms with Crippen molar-refractivity contribution in [3.8, 4) is 0 Å². The molecule has 15 heavy (non-hydrogen) atoms. The van der Waals surface area contributed by atoms with Crippen LogP contribution in [0.1, 0.15) is 50.0 Å². The maximum absolute atomic E-state index is 5.51. The van der Waals surface area contributed by atoms with Crippen LogP contribution < -0.4 is 5.73 Å². The van der Waals surface area contributed by atoms with Gasteiger partial charge in [-0.1, -0.05) is 32.1 Å². The second-order valence-electron chi connectivity index (χ2n) is 4.60. The van der Waals surface area contributed by atoms with Crippen molar-refractivity contribution < 1.29 is 0 Å². The van der Waals surface area contributed by atoms with Gasteiger partial charge in [0.1, 0.15) is 5.82 Å². The summed E-state index contributed by atoms with van der Waals surface area (Å²) in [5.74, 6) is 1.86. The van der Waals surface area contributed by atoms with Gasteiger partial charge in [-0.2, -0.15) is 0 Å². The third-order valence-electron chi connectivity index (χ3n) is 3.42. The normalized spacial score (nSPS) is 18.2. The summed E-state index contributed by atoms with van der Waals surface area (Å²) in [7, 11) is 0. The highest BCUT2D eigenvalue weighted by Gasteiger charge is 2.13. The molecule has 1 aliphatic rings. The Morgan fingerprint density at radius 3 is 2.80 bits per heavy atom. The first-order valence-electron chi connectivity index (χ1n) is 6.11. The molecule has 0 saturated heterocycles. The van der Waals surface area contributed by atoms with E-state index in [4.69, 9.17) is 5.73 Å². The number of aryl methyl sites for hydroxylation is 1. The molecule has 0 atom stereocenters. The lowest BCUT2D eigenvalue weighted by molar-refractivity contribution is 0.338. The number of hydrogen-bond acceptors (Lipinski definition) is 2. The Morgan fingerprint density at radius 1 is 1.33 bits per heavy atom. The average molecular weight is 207 g/mol. The Hall–Kier alpha value is -0.830. The smallest absolute Gasteiger partial charge is 0.120 e. The van der Waals surface area contributed by atoms with Gasteiger partial charge in [-0.25, -0.2) is 4.98 Å². The maximum Gasteiger partial charge on any atom is 0.120 e. The van der Waals surface area contributed by atoms with Gasteiger partial charge < -0.3 is 10.7 Å². The van der Waals surface area contributed by atoms with Crippen molar-refractivity contribution in [2.24, 2.45) is 11.7 Å². The number of nitrogens with one attached hydrogen (secondary N) is 1. The van der Waals surface area contributed by atoms with Gasteiger partial charge in [0.25, 0.3) is 0 Å². The van der Waals surface area contributed by atoms with Crippen LogP contribution in [0.2, 0.25) is 0 Å². The number of imidazole rings is 1. The first-order valence-corrected chi connectivity index (χ1v) is 6.11. The molecule has 1 saturated carbocycles. The highest BCUT2D eigenvalue weighted by Crippen LogP contribution is 2.27. The van der Waals surface area contributed by atoms with E-state index in [1.54, 1.807) is 0 Å². The van der Waals surface area contributed by atoms with Crippen molar-refractivity contribution in [1.82, 2.24) is 9.97 Å². The van der Waals surface area contributed by atoms with Crippen LogP contribution in [-0.4, -0.2) is 9.97 Å². The first-order chi connectivity index (χ1) is 7.38. The summed E-state index contributed by atoms with van der Waals surface area (Å²) in [4.78, 5) is 7.48. The van der Waals surface area contributed by atoms with Crippen molar-refractivity contribution in [3.05, 3.63) is 17.7 Å². The molecule has 3 nitrogen and oxygen atoms in total. The lowest BCUT2D eigenvalue weighted by atomic mass is 9.86. The van der Waals surface area contributed by atoms with E-state index >= 15 is 0 Å². The number of hydrogen-bond donors (Lipinski definition) is 2. The quantitative estimate of drug-likeness (QED) is 0.796. The van der Waals surface area contributed by atoms with Gasteiger partial charge in [0.15, 0.2) is 0 Å². The fraction of sp³-hybridized carbons (Fsp3) is 0.750. The molecule has 0 bridgehead atoms. The Labute approximate surface area is 91.5 Å². The Balaban J connectivity index is 1.76. The molecular weight excluding hydrogens is 186 g/mol. The summed E-state index contributed by atoms with van der Waals surface area (Å²) in [6, 6.07) is 0. The molecule has 0 amide bonds. The predicted octanol–water partition coefficient (Wildman–Crippen LogP) is 2.38. The number of aromatic nitrogens is 2. The summed E-state index contributed by atoms with van der Waals surface area (Å²) in [5.41, 5.74) is 6.76. The van der Waals surface area contributed by atoms with E-state index in [9.17, 15) is 0 Å². The van der Waals surface area contributed by atoms with Gasteiger partial charge in [-0.05, 0) is 18.8 Å². The molecule has 2 rings (SSSR count). The Kier molecular flexibility index (Phi) is 3.78. The molecule has 84 valence electrons. The molecule has 1 aromatic rings. The van der Waals surface area contributed by atoms with Gasteiger partial charge in [0.05, 0.1) is 6.54 Å². The highest BCUT2D eigenvalue weighted by atomic mass is 14.9. The molecule has 1 heterocycles. The first kappa shape index (κ1) is 10.7. The summed E-state index contributed by atoms with van der Waals surface area (Å²) in [6.45, 7) is 0.517. The zero-order chi connectivity index (χ0) is 10.5. The van der Waals surface area contributed by atoms with E-state index in [2.05, 4.69) is 9.97 Å². The van der Waals surface area contributed by atoms with Crippen molar-refractivity contribution in [2.45, 2.75) is 51.5 Å². The number of nitrogens with two attached hydrogens (primary N) is 1. The minimum absolute atomic E-state index is 0.517. The summed E-state index contributed by atoms with van der Waals surface area (Å²) in [6.07, 6.45) is 11.5. The topological polar surface area (TPSA) is 54.7 Å². The lowest BCUT2D eigenvalue weighted by Crippen LogP contribution is -2.07. The molecule has 1 fully saturated rings. The predicted molar refractivity (Wildman–Crippen MR) is 61.4 cm³/mol. The van der Waals surface area contributed by atoms with Gasteiger partial charge in [-0.3, -0.25) is 0 Å². The molecule has 0 spiro atoms. The van der Waals surface area contributed by atoms with E-state index in [0.29, 0.717) is 6.54 Å². The molecule has 3 N–H and O–H groups in total. The van der Waals surface area contributed by atoms with E-state index in [0.717, 1.165) is 18.2 Å². The number of rotatable bonds is 4. The molecule has 1 aliphatic carbocycles. The van der Waals surface area contributed by atoms with E-state index in [1.165, 1.54) is 44.2 Å². The van der Waals surface area contributed by atoms with E-state index < -0.39 is 0 Å². The summed E-state index contributed by atoms with van der Waals surface area (Å²) >= 11 is 0. The minimum atomic E-state index is 0.517. The third-order valence-corrected chi connectivity index (χ3v) is 3.42. The van der Waals surface area contributed by atoms with Crippen LogP contribution in [0.4, 0.5) is 0 Å². The zero-order valence-corrected chi connectivity index (χ0v) is 9.34. The van der Waals surface area contributed by atoms with Gasteiger partial charge in [0, 0.05) is 11.9 Å². The van der Waals surface area contributed by atoms with Gasteiger partial charge >= 0.3 is 0 Å². The highest BCUT2D eigenvalue weighted by molar-refractivity contribution is 5.01. The SMILES string of the molecule is NCc1ncc(CCC2CCCCC2)[nH]1. The molecule has 1 aromatic heterocycles. The fourth-order valence-corrected chi connectivity index (χ4v) is 2.47. The van der Waals surface area contributed by atoms with Crippen LogP contribution in [0.25, 0.3) is 0 Å². The van der Waals surface area contributed by atoms with Gasteiger partial charge in [-0.15, -0.1) is 0 Å². The average Bonchev–Trinajstić information content (AvgIpc) is 2.76. The van der Waals surface area contributed by atoms with Crippen LogP contribution in [-0.2, 0) is 13.0 Å². The molecule has 3 heteroatoms. The molecule has 0 radical (unpaired) electrons. The van der Waals surface area contributed by atoms with Crippen molar-refractivity contribution in [1.29, 1.82) is 0 Å². The Morgan fingerprint density at radius 2 is 2.13 bits per heavy atom. The van der Waals surface area contributed by atoms with Crippen LogP contribution >= 0.6 is 0 Å². The molecule has 0 aromatic carbocycles. The van der Waals surface area contributed by atoms with Crippen LogP contribution in [0, 0.1) is 5.92 Å².